The Morgan fingerprint density at radius 1 is 1.38 bits per heavy atom. The van der Waals surface area contributed by atoms with Crippen molar-refractivity contribution in [3.63, 3.8) is 0 Å². The summed E-state index contributed by atoms with van der Waals surface area (Å²) in [4.78, 5) is 8.89. The minimum atomic E-state index is -1.08. The molecule has 0 spiro atoms. The molecule has 0 aliphatic rings. The largest absolute Gasteiger partial charge is 1.00 e. The molecule has 0 saturated carbocycles. The molecular weight excluding hydrogens is 219 g/mol. The summed E-state index contributed by atoms with van der Waals surface area (Å²) in [6.07, 6.45) is 1.67. The van der Waals surface area contributed by atoms with Crippen LogP contribution in [0.25, 0.3) is 11.0 Å². The maximum absolute atomic E-state index is 8.89. The third-order valence-electron chi connectivity index (χ3n) is 1.66. The van der Waals surface area contributed by atoms with E-state index in [-0.39, 0.29) is 29.6 Å². The second-order valence-corrected chi connectivity index (χ2v) is 2.82. The fourth-order valence-corrected chi connectivity index (χ4v) is 1.06. The number of rotatable bonds is 1. The Labute approximate surface area is 115 Å². The van der Waals surface area contributed by atoms with Crippen LogP contribution in [0.1, 0.15) is 6.92 Å². The van der Waals surface area contributed by atoms with E-state index in [4.69, 9.17) is 19.1 Å². The van der Waals surface area contributed by atoms with Crippen LogP contribution in [0.4, 0.5) is 0 Å². The van der Waals surface area contributed by atoms with Gasteiger partial charge in [0.25, 0.3) is 0 Å². The van der Waals surface area contributed by atoms with Crippen molar-refractivity contribution in [1.29, 1.82) is 0 Å². The van der Waals surface area contributed by atoms with Crippen LogP contribution in [-0.2, 0) is 4.79 Å². The maximum atomic E-state index is 8.89. The van der Waals surface area contributed by atoms with Crippen molar-refractivity contribution in [2.24, 2.45) is 0 Å². The van der Waals surface area contributed by atoms with E-state index in [0.29, 0.717) is 0 Å². The topological polar surface area (TPSA) is 62.5 Å². The van der Waals surface area contributed by atoms with E-state index in [0.717, 1.165) is 23.6 Å². The van der Waals surface area contributed by atoms with Crippen molar-refractivity contribution < 1.29 is 48.6 Å². The minimum Gasteiger partial charge on any atom is -0.550 e. The van der Waals surface area contributed by atoms with Crippen LogP contribution in [0.15, 0.2) is 34.9 Å². The zero-order chi connectivity index (χ0) is 11.3. The molecule has 0 amide bonds. The van der Waals surface area contributed by atoms with Gasteiger partial charge in [-0.05, 0) is 25.1 Å². The number of methoxy groups -OCH3 is 1. The summed E-state index contributed by atoms with van der Waals surface area (Å²) in [7, 11) is 1.64. The fraction of sp³-hybridized carbons (Fsp3) is 0.182. The summed E-state index contributed by atoms with van der Waals surface area (Å²) < 4.78 is 10.2. The van der Waals surface area contributed by atoms with E-state index in [9.17, 15) is 0 Å². The number of fused-ring (bicyclic) bond motifs is 1. The van der Waals surface area contributed by atoms with E-state index >= 15 is 0 Å². The molecule has 0 atom stereocenters. The minimum absolute atomic E-state index is 0. The third kappa shape index (κ3) is 4.70. The number of carboxylic acid groups (broad SMARTS) is 1. The van der Waals surface area contributed by atoms with Crippen LogP contribution >= 0.6 is 0 Å². The van der Waals surface area contributed by atoms with Crippen LogP contribution in [0, 0.1) is 0 Å². The molecule has 2 rings (SSSR count). The summed E-state index contributed by atoms with van der Waals surface area (Å²) in [6, 6.07) is 7.68. The Morgan fingerprint density at radius 3 is 2.56 bits per heavy atom. The second kappa shape index (κ2) is 7.33. The molecule has 0 unspecified atom stereocenters. The summed E-state index contributed by atoms with van der Waals surface area (Å²) in [5, 5.41) is 9.99. The molecule has 2 aromatic rings. The van der Waals surface area contributed by atoms with Gasteiger partial charge in [0.1, 0.15) is 11.3 Å². The van der Waals surface area contributed by atoms with Gasteiger partial charge < -0.3 is 19.1 Å². The molecule has 0 aliphatic heterocycles. The molecule has 0 bridgehead atoms. The monoisotopic (exact) mass is 230 g/mol. The van der Waals surface area contributed by atoms with Crippen molar-refractivity contribution in [2.45, 2.75) is 6.92 Å². The summed E-state index contributed by atoms with van der Waals surface area (Å²) in [5.74, 6) is -0.257. The zero-order valence-electron chi connectivity index (χ0n) is 9.52. The van der Waals surface area contributed by atoms with Gasteiger partial charge >= 0.3 is 29.6 Å². The maximum Gasteiger partial charge on any atom is 1.00 e. The van der Waals surface area contributed by atoms with Gasteiger partial charge in [-0.25, -0.2) is 0 Å². The van der Waals surface area contributed by atoms with Gasteiger partial charge in [-0.3, -0.25) is 0 Å². The van der Waals surface area contributed by atoms with Crippen LogP contribution in [0.5, 0.6) is 5.75 Å². The van der Waals surface area contributed by atoms with E-state index in [1.165, 1.54) is 0 Å². The smallest absolute Gasteiger partial charge is 0.550 e. The number of carboxylic acids is 1. The Morgan fingerprint density at radius 2 is 2.00 bits per heavy atom. The molecule has 0 radical (unpaired) electrons. The third-order valence-corrected chi connectivity index (χ3v) is 1.66. The molecule has 0 fully saturated rings. The average molecular weight is 230 g/mol. The van der Waals surface area contributed by atoms with Crippen LogP contribution < -0.4 is 39.4 Å². The van der Waals surface area contributed by atoms with Crippen molar-refractivity contribution in [1.82, 2.24) is 0 Å². The first-order valence-electron chi connectivity index (χ1n) is 4.32. The van der Waals surface area contributed by atoms with Crippen molar-refractivity contribution in [3.8, 4) is 5.75 Å². The molecule has 80 valence electrons. The van der Waals surface area contributed by atoms with E-state index in [1.54, 1.807) is 13.4 Å². The molecule has 4 nitrogen and oxygen atoms in total. The van der Waals surface area contributed by atoms with Gasteiger partial charge in [0.2, 0.25) is 0 Å². The average Bonchev–Trinajstić information content (AvgIpc) is 2.63. The van der Waals surface area contributed by atoms with Crippen LogP contribution in [0.3, 0.4) is 0 Å². The molecule has 16 heavy (non-hydrogen) atoms. The zero-order valence-corrected chi connectivity index (χ0v) is 11.5. The molecule has 5 heteroatoms. The van der Waals surface area contributed by atoms with Gasteiger partial charge in [0, 0.05) is 17.4 Å². The first-order valence-corrected chi connectivity index (χ1v) is 4.32. The molecule has 1 heterocycles. The van der Waals surface area contributed by atoms with Crippen LogP contribution in [0.2, 0.25) is 0 Å². The van der Waals surface area contributed by atoms with Gasteiger partial charge in [-0.15, -0.1) is 0 Å². The molecular formula is C11H11NaO4. The Hall–Kier alpha value is -0.970. The quantitative estimate of drug-likeness (QED) is 0.542. The first-order chi connectivity index (χ1) is 7.13. The van der Waals surface area contributed by atoms with Crippen LogP contribution in [-0.4, -0.2) is 13.1 Å². The Bertz CT molecular complexity index is 446. The van der Waals surface area contributed by atoms with Gasteiger partial charge in [0.05, 0.1) is 13.4 Å². The van der Waals surface area contributed by atoms with E-state index in [1.807, 2.05) is 24.3 Å². The van der Waals surface area contributed by atoms with Crippen molar-refractivity contribution in [2.75, 3.05) is 7.11 Å². The number of ether oxygens (including phenoxy) is 1. The van der Waals surface area contributed by atoms with E-state index < -0.39 is 5.97 Å². The summed E-state index contributed by atoms with van der Waals surface area (Å²) >= 11 is 0. The number of aliphatic carboxylic acids is 1. The summed E-state index contributed by atoms with van der Waals surface area (Å²) in [5.41, 5.74) is 0.865. The number of carbonyl (C=O) groups excluding carboxylic acids is 1. The number of benzene rings is 1. The van der Waals surface area contributed by atoms with Gasteiger partial charge in [0.15, 0.2) is 0 Å². The predicted octanol–water partition coefficient (Wildman–Crippen LogP) is -1.80. The Balaban J connectivity index is 0.000000397. The second-order valence-electron chi connectivity index (χ2n) is 2.82. The number of furan rings is 1. The summed E-state index contributed by atoms with van der Waals surface area (Å²) in [6.45, 7) is 0.972. The van der Waals surface area contributed by atoms with Gasteiger partial charge in [-0.2, -0.15) is 0 Å². The van der Waals surface area contributed by atoms with Crippen molar-refractivity contribution >= 4 is 16.9 Å². The van der Waals surface area contributed by atoms with Gasteiger partial charge in [-0.1, -0.05) is 0 Å². The van der Waals surface area contributed by atoms with E-state index in [2.05, 4.69) is 0 Å². The Kier molecular flexibility index (Phi) is 6.88. The number of hydrogen-bond acceptors (Lipinski definition) is 4. The normalized spacial score (nSPS) is 8.62. The predicted molar refractivity (Wildman–Crippen MR) is 53.4 cm³/mol. The molecule has 1 aromatic heterocycles. The SMILES string of the molecule is CC(=O)[O-].COc1ccc2ccoc2c1.[Na+]. The number of carbonyl (C=O) groups is 1. The fourth-order valence-electron chi connectivity index (χ4n) is 1.06. The first kappa shape index (κ1) is 15.0. The van der Waals surface area contributed by atoms with Crippen molar-refractivity contribution in [3.05, 3.63) is 30.5 Å². The number of hydrogen-bond donors (Lipinski definition) is 0. The molecule has 1 aromatic carbocycles. The standard InChI is InChI=1S/C9H8O2.C2H4O2.Na/c1-10-8-3-2-7-4-5-11-9(7)6-8;1-2(3)4;/h2-6H,1H3;1H3,(H,3,4);/q;;+1/p-1. The molecule has 0 N–H and O–H groups in total. The molecule has 0 aliphatic carbocycles. The molecule has 0 saturated heterocycles.